The molecule has 0 aliphatic heterocycles. The molecule has 0 amide bonds. The highest BCUT2D eigenvalue weighted by Crippen LogP contribution is 2.25. The summed E-state index contributed by atoms with van der Waals surface area (Å²) in [5.74, 6) is -1.10. The summed E-state index contributed by atoms with van der Waals surface area (Å²) in [7, 11) is 3.65. The second kappa shape index (κ2) is 5.87. The van der Waals surface area contributed by atoms with Crippen molar-refractivity contribution in [3.05, 3.63) is 35.4 Å². The fourth-order valence-corrected chi connectivity index (χ4v) is 1.83. The maximum absolute atomic E-state index is 13.1. The van der Waals surface area contributed by atoms with Crippen LogP contribution in [0.5, 0.6) is 0 Å². The van der Waals surface area contributed by atoms with Gasteiger partial charge in [-0.25, -0.2) is 8.78 Å². The number of carbonyl (C=O) groups excluding carboxylic acids is 1. The summed E-state index contributed by atoms with van der Waals surface area (Å²) >= 11 is 0. The van der Waals surface area contributed by atoms with Crippen LogP contribution in [-0.2, 0) is 4.79 Å². The molecule has 94 valence electrons. The predicted octanol–water partition coefficient (Wildman–Crippen LogP) is 2.94. The molecular weight excluding hydrogens is 224 g/mol. The van der Waals surface area contributed by atoms with E-state index in [4.69, 9.17) is 0 Å². The van der Waals surface area contributed by atoms with E-state index in [1.165, 1.54) is 19.1 Å². The molecule has 0 radical (unpaired) electrons. The van der Waals surface area contributed by atoms with E-state index in [9.17, 15) is 13.6 Å². The first-order chi connectivity index (χ1) is 7.90. The zero-order valence-electron chi connectivity index (χ0n) is 10.3. The van der Waals surface area contributed by atoms with Crippen LogP contribution in [0.25, 0.3) is 0 Å². The molecule has 1 aromatic rings. The van der Waals surface area contributed by atoms with E-state index in [0.29, 0.717) is 18.4 Å². The zero-order valence-corrected chi connectivity index (χ0v) is 10.3. The molecule has 0 N–H and O–H groups in total. The molecule has 0 saturated carbocycles. The lowest BCUT2D eigenvalue weighted by Gasteiger charge is -2.24. The Morgan fingerprint density at radius 1 is 1.24 bits per heavy atom. The molecule has 0 saturated heterocycles. The maximum atomic E-state index is 13.1. The molecule has 0 aliphatic carbocycles. The fraction of sp³-hybridized carbons (Fsp3) is 0.462. The lowest BCUT2D eigenvalue weighted by molar-refractivity contribution is -0.117. The Morgan fingerprint density at radius 3 is 2.18 bits per heavy atom. The Morgan fingerprint density at radius 2 is 1.76 bits per heavy atom. The number of rotatable bonds is 5. The molecule has 0 aliphatic rings. The quantitative estimate of drug-likeness (QED) is 0.790. The number of ketones is 1. The molecule has 1 aromatic carbocycles. The normalized spacial score (nSPS) is 12.8. The average Bonchev–Trinajstić information content (AvgIpc) is 2.14. The summed E-state index contributed by atoms with van der Waals surface area (Å²) in [4.78, 5) is 12.8. The van der Waals surface area contributed by atoms with Crippen molar-refractivity contribution in [1.82, 2.24) is 4.90 Å². The molecule has 1 atom stereocenters. The number of hydrogen-bond donors (Lipinski definition) is 0. The predicted molar refractivity (Wildman–Crippen MR) is 62.7 cm³/mol. The number of halogens is 2. The summed E-state index contributed by atoms with van der Waals surface area (Å²) in [5.41, 5.74) is 0.564. The van der Waals surface area contributed by atoms with E-state index in [0.717, 1.165) is 6.07 Å². The van der Waals surface area contributed by atoms with Gasteiger partial charge in [0.15, 0.2) is 0 Å². The third-order valence-corrected chi connectivity index (χ3v) is 2.66. The summed E-state index contributed by atoms with van der Waals surface area (Å²) in [5, 5.41) is 0. The van der Waals surface area contributed by atoms with E-state index in [1.54, 1.807) is 0 Å². The SMILES string of the molecule is CC(=O)CCC(c1cc(F)cc(F)c1)N(C)C. The van der Waals surface area contributed by atoms with Gasteiger partial charge in [0.2, 0.25) is 0 Å². The van der Waals surface area contributed by atoms with Gasteiger partial charge in [-0.05, 0) is 45.1 Å². The van der Waals surface area contributed by atoms with Crippen molar-refractivity contribution in [2.45, 2.75) is 25.8 Å². The molecule has 0 aromatic heterocycles. The lowest BCUT2D eigenvalue weighted by Crippen LogP contribution is -2.21. The first kappa shape index (κ1) is 13.8. The molecule has 4 heteroatoms. The third kappa shape index (κ3) is 4.23. The molecule has 1 unspecified atom stereocenters. The minimum Gasteiger partial charge on any atom is -0.302 e. The highest BCUT2D eigenvalue weighted by molar-refractivity contribution is 5.75. The fourth-order valence-electron chi connectivity index (χ4n) is 1.83. The van der Waals surface area contributed by atoms with Crippen LogP contribution in [0.2, 0.25) is 0 Å². The maximum Gasteiger partial charge on any atom is 0.129 e. The zero-order chi connectivity index (χ0) is 13.0. The molecule has 17 heavy (non-hydrogen) atoms. The van der Waals surface area contributed by atoms with Crippen LogP contribution in [0.15, 0.2) is 18.2 Å². The first-order valence-corrected chi connectivity index (χ1v) is 5.52. The standard InChI is InChI=1S/C13H17F2NO/c1-9(17)4-5-13(16(2)3)10-6-11(14)8-12(15)7-10/h6-8,13H,4-5H2,1-3H3. The summed E-state index contributed by atoms with van der Waals surface area (Å²) < 4.78 is 26.3. The Hall–Kier alpha value is -1.29. The molecule has 0 bridgehead atoms. The molecule has 2 nitrogen and oxygen atoms in total. The number of benzene rings is 1. The van der Waals surface area contributed by atoms with Gasteiger partial charge in [0, 0.05) is 18.5 Å². The summed E-state index contributed by atoms with van der Waals surface area (Å²) in [6.45, 7) is 1.51. The van der Waals surface area contributed by atoms with Crippen molar-refractivity contribution in [1.29, 1.82) is 0 Å². The Bertz CT molecular complexity index is 384. The van der Waals surface area contributed by atoms with Crippen LogP contribution in [0, 0.1) is 11.6 Å². The monoisotopic (exact) mass is 241 g/mol. The molecular formula is C13H17F2NO. The summed E-state index contributed by atoms with van der Waals surface area (Å²) in [6.07, 6.45) is 0.964. The van der Waals surface area contributed by atoms with E-state index in [-0.39, 0.29) is 11.8 Å². The Balaban J connectivity index is 2.92. The van der Waals surface area contributed by atoms with Crippen molar-refractivity contribution in [2.24, 2.45) is 0 Å². The van der Waals surface area contributed by atoms with Crippen LogP contribution in [0.4, 0.5) is 8.78 Å². The van der Waals surface area contributed by atoms with Gasteiger partial charge in [0.25, 0.3) is 0 Å². The van der Waals surface area contributed by atoms with E-state index < -0.39 is 11.6 Å². The largest absolute Gasteiger partial charge is 0.302 e. The number of Topliss-reactive ketones (excluding diaryl/α,β-unsaturated/α-hetero) is 1. The third-order valence-electron chi connectivity index (χ3n) is 2.66. The van der Waals surface area contributed by atoms with Gasteiger partial charge in [0.1, 0.15) is 17.4 Å². The average molecular weight is 241 g/mol. The first-order valence-electron chi connectivity index (χ1n) is 5.52. The number of carbonyl (C=O) groups is 1. The summed E-state index contributed by atoms with van der Waals surface area (Å²) in [6, 6.07) is 3.33. The second-order valence-corrected chi connectivity index (χ2v) is 4.42. The van der Waals surface area contributed by atoms with Gasteiger partial charge in [-0.1, -0.05) is 0 Å². The molecule has 0 fully saturated rings. The van der Waals surface area contributed by atoms with Gasteiger partial charge < -0.3 is 9.69 Å². The lowest BCUT2D eigenvalue weighted by atomic mass is 9.99. The number of hydrogen-bond acceptors (Lipinski definition) is 2. The van der Waals surface area contributed by atoms with Crippen molar-refractivity contribution in [3.63, 3.8) is 0 Å². The minimum atomic E-state index is -0.588. The van der Waals surface area contributed by atoms with Crippen LogP contribution >= 0.6 is 0 Å². The van der Waals surface area contributed by atoms with E-state index in [1.807, 2.05) is 19.0 Å². The van der Waals surface area contributed by atoms with Gasteiger partial charge in [-0.3, -0.25) is 0 Å². The van der Waals surface area contributed by atoms with E-state index >= 15 is 0 Å². The van der Waals surface area contributed by atoms with E-state index in [2.05, 4.69) is 0 Å². The van der Waals surface area contributed by atoms with Crippen LogP contribution in [-0.4, -0.2) is 24.8 Å². The van der Waals surface area contributed by atoms with Gasteiger partial charge in [-0.15, -0.1) is 0 Å². The Labute approximate surface area is 100 Å². The number of nitrogens with zero attached hydrogens (tertiary/aromatic N) is 1. The molecule has 0 heterocycles. The molecule has 0 spiro atoms. The van der Waals surface area contributed by atoms with Crippen molar-refractivity contribution >= 4 is 5.78 Å². The smallest absolute Gasteiger partial charge is 0.129 e. The second-order valence-electron chi connectivity index (χ2n) is 4.42. The minimum absolute atomic E-state index is 0.0775. The highest BCUT2D eigenvalue weighted by Gasteiger charge is 2.16. The highest BCUT2D eigenvalue weighted by atomic mass is 19.1. The van der Waals surface area contributed by atoms with Crippen LogP contribution < -0.4 is 0 Å². The van der Waals surface area contributed by atoms with Crippen LogP contribution in [0.1, 0.15) is 31.4 Å². The van der Waals surface area contributed by atoms with Gasteiger partial charge >= 0.3 is 0 Å². The van der Waals surface area contributed by atoms with Gasteiger partial charge in [-0.2, -0.15) is 0 Å². The Kier molecular flexibility index (Phi) is 4.75. The molecule has 1 rings (SSSR count). The van der Waals surface area contributed by atoms with Crippen molar-refractivity contribution < 1.29 is 13.6 Å². The van der Waals surface area contributed by atoms with Crippen molar-refractivity contribution in [3.8, 4) is 0 Å². The van der Waals surface area contributed by atoms with Crippen molar-refractivity contribution in [2.75, 3.05) is 14.1 Å². The van der Waals surface area contributed by atoms with Gasteiger partial charge in [0.05, 0.1) is 0 Å². The topological polar surface area (TPSA) is 20.3 Å². The van der Waals surface area contributed by atoms with Crippen LogP contribution in [0.3, 0.4) is 0 Å².